The molecule has 25 heavy (non-hydrogen) atoms. The maximum Gasteiger partial charge on any atom is 0.224 e. The minimum atomic E-state index is -3.63. The summed E-state index contributed by atoms with van der Waals surface area (Å²) in [5, 5.41) is 7.68. The van der Waals surface area contributed by atoms with Gasteiger partial charge in [-0.1, -0.05) is 24.3 Å². The van der Waals surface area contributed by atoms with Gasteiger partial charge in [0.25, 0.3) is 0 Å². The molecule has 0 saturated heterocycles. The smallest absolute Gasteiger partial charge is 0.224 e. The molecule has 0 saturated carbocycles. The van der Waals surface area contributed by atoms with Crippen LogP contribution in [0.4, 0.5) is 10.1 Å². The summed E-state index contributed by atoms with van der Waals surface area (Å²) in [6, 6.07) is 12.5. The first-order chi connectivity index (χ1) is 11.8. The number of hydrogen-bond acceptors (Lipinski definition) is 4. The number of para-hydroxylation sites is 1. The molecule has 6 nitrogen and oxygen atoms in total. The predicted molar refractivity (Wildman–Crippen MR) is 93.0 cm³/mol. The van der Waals surface area contributed by atoms with E-state index in [1.807, 2.05) is 0 Å². The number of nitrogens with two attached hydrogens (primary N) is 1. The molecule has 2 rings (SSSR count). The van der Waals surface area contributed by atoms with Crippen LogP contribution in [0.2, 0.25) is 0 Å². The molecular weight excluding hydrogens is 347 g/mol. The molecule has 0 aromatic heterocycles. The SMILES string of the molecule is NS(=O)(=O)Cc1cccc(NC(=O)CCCOc2ccccc2F)c1. The van der Waals surface area contributed by atoms with Crippen molar-refractivity contribution in [2.24, 2.45) is 5.14 Å². The van der Waals surface area contributed by atoms with Crippen molar-refractivity contribution in [3.8, 4) is 5.75 Å². The summed E-state index contributed by atoms with van der Waals surface area (Å²) in [6.45, 7) is 0.208. The van der Waals surface area contributed by atoms with Crippen molar-refractivity contribution in [1.29, 1.82) is 0 Å². The number of nitrogens with one attached hydrogen (secondary N) is 1. The minimum Gasteiger partial charge on any atom is -0.491 e. The van der Waals surface area contributed by atoms with Gasteiger partial charge >= 0.3 is 0 Å². The lowest BCUT2D eigenvalue weighted by Crippen LogP contribution is -2.15. The number of amides is 1. The van der Waals surface area contributed by atoms with E-state index in [1.54, 1.807) is 36.4 Å². The molecule has 2 aromatic rings. The first-order valence-electron chi connectivity index (χ1n) is 7.60. The molecule has 0 aliphatic heterocycles. The molecular formula is C17H19FN2O4S. The number of halogens is 1. The topological polar surface area (TPSA) is 98.5 Å². The van der Waals surface area contributed by atoms with E-state index in [-0.39, 0.29) is 30.4 Å². The Morgan fingerprint density at radius 1 is 1.16 bits per heavy atom. The van der Waals surface area contributed by atoms with E-state index in [4.69, 9.17) is 9.88 Å². The van der Waals surface area contributed by atoms with E-state index in [0.717, 1.165) is 0 Å². The highest BCUT2D eigenvalue weighted by Gasteiger charge is 2.08. The van der Waals surface area contributed by atoms with Gasteiger partial charge in [0.15, 0.2) is 11.6 Å². The average Bonchev–Trinajstić information content (AvgIpc) is 2.52. The minimum absolute atomic E-state index is 0.151. The zero-order valence-electron chi connectivity index (χ0n) is 13.4. The van der Waals surface area contributed by atoms with Gasteiger partial charge in [-0.25, -0.2) is 17.9 Å². The fourth-order valence-corrected chi connectivity index (χ4v) is 2.82. The first-order valence-corrected chi connectivity index (χ1v) is 9.31. The van der Waals surface area contributed by atoms with Crippen LogP contribution in [0, 0.1) is 5.82 Å². The van der Waals surface area contributed by atoms with Gasteiger partial charge in [-0.3, -0.25) is 4.79 Å². The summed E-state index contributed by atoms with van der Waals surface area (Å²) in [6.07, 6.45) is 0.602. The number of benzene rings is 2. The number of carbonyl (C=O) groups excluding carboxylic acids is 1. The summed E-state index contributed by atoms with van der Waals surface area (Å²) in [7, 11) is -3.63. The molecule has 0 bridgehead atoms. The third-order valence-corrected chi connectivity index (χ3v) is 3.96. The fourth-order valence-electron chi connectivity index (χ4n) is 2.17. The Labute approximate surface area is 145 Å². The lowest BCUT2D eigenvalue weighted by atomic mass is 10.2. The van der Waals surface area contributed by atoms with E-state index in [2.05, 4.69) is 5.32 Å². The van der Waals surface area contributed by atoms with Crippen molar-refractivity contribution >= 4 is 21.6 Å². The normalized spacial score (nSPS) is 11.1. The van der Waals surface area contributed by atoms with E-state index in [0.29, 0.717) is 17.7 Å². The second-order valence-corrected chi connectivity index (χ2v) is 7.05. The van der Waals surface area contributed by atoms with Crippen LogP contribution in [-0.4, -0.2) is 20.9 Å². The molecule has 0 aliphatic carbocycles. The van der Waals surface area contributed by atoms with Gasteiger partial charge in [-0.2, -0.15) is 0 Å². The van der Waals surface area contributed by atoms with E-state index in [1.165, 1.54) is 12.1 Å². The third-order valence-electron chi connectivity index (χ3n) is 3.22. The zero-order valence-corrected chi connectivity index (χ0v) is 14.3. The van der Waals surface area contributed by atoms with Crippen molar-refractivity contribution in [2.75, 3.05) is 11.9 Å². The van der Waals surface area contributed by atoms with Crippen molar-refractivity contribution in [3.05, 3.63) is 59.9 Å². The predicted octanol–water partition coefficient (Wildman–Crippen LogP) is 2.41. The van der Waals surface area contributed by atoms with Gasteiger partial charge in [-0.05, 0) is 36.2 Å². The van der Waals surface area contributed by atoms with Crippen molar-refractivity contribution in [3.63, 3.8) is 0 Å². The summed E-state index contributed by atoms with van der Waals surface area (Å²) in [5.74, 6) is -0.838. The van der Waals surface area contributed by atoms with E-state index >= 15 is 0 Å². The average molecular weight is 366 g/mol. The van der Waals surface area contributed by atoms with Crippen LogP contribution >= 0.6 is 0 Å². The van der Waals surface area contributed by atoms with Crippen LogP contribution in [0.25, 0.3) is 0 Å². The van der Waals surface area contributed by atoms with Crippen LogP contribution in [0.1, 0.15) is 18.4 Å². The molecule has 0 fully saturated rings. The molecule has 2 aromatic carbocycles. The highest BCUT2D eigenvalue weighted by atomic mass is 32.2. The quantitative estimate of drug-likeness (QED) is 0.701. The van der Waals surface area contributed by atoms with Crippen LogP contribution in [-0.2, 0) is 20.6 Å². The molecule has 3 N–H and O–H groups in total. The van der Waals surface area contributed by atoms with Crippen LogP contribution in [0.5, 0.6) is 5.75 Å². The third kappa shape index (κ3) is 6.90. The summed E-state index contributed by atoms with van der Waals surface area (Å²) >= 11 is 0. The molecule has 0 unspecified atom stereocenters. The Morgan fingerprint density at radius 3 is 2.64 bits per heavy atom. The molecule has 134 valence electrons. The van der Waals surface area contributed by atoms with Crippen LogP contribution < -0.4 is 15.2 Å². The fraction of sp³-hybridized carbons (Fsp3) is 0.235. The molecule has 0 aliphatic rings. The summed E-state index contributed by atoms with van der Waals surface area (Å²) < 4.78 is 40.8. The van der Waals surface area contributed by atoms with Crippen molar-refractivity contribution < 1.29 is 22.3 Å². The van der Waals surface area contributed by atoms with Crippen molar-refractivity contribution in [1.82, 2.24) is 0 Å². The molecule has 1 amide bonds. The molecule has 0 atom stereocenters. The summed E-state index contributed by atoms with van der Waals surface area (Å²) in [4.78, 5) is 11.9. The molecule has 0 heterocycles. The largest absolute Gasteiger partial charge is 0.491 e. The van der Waals surface area contributed by atoms with Gasteiger partial charge in [0.05, 0.1) is 12.4 Å². The van der Waals surface area contributed by atoms with Crippen LogP contribution in [0.15, 0.2) is 48.5 Å². The number of anilines is 1. The Bertz CT molecular complexity index is 840. The number of hydrogen-bond donors (Lipinski definition) is 2. The molecule has 0 radical (unpaired) electrons. The van der Waals surface area contributed by atoms with E-state index in [9.17, 15) is 17.6 Å². The number of rotatable bonds is 8. The van der Waals surface area contributed by atoms with E-state index < -0.39 is 15.8 Å². The van der Waals surface area contributed by atoms with Gasteiger partial charge in [0.1, 0.15) is 0 Å². The standard InChI is InChI=1S/C17H19FN2O4S/c18-15-7-1-2-8-16(15)24-10-4-9-17(21)20-14-6-3-5-13(11-14)12-25(19,22)23/h1-3,5-8,11H,4,9-10,12H2,(H,20,21)(H2,19,22,23). The van der Waals surface area contributed by atoms with Gasteiger partial charge in [0, 0.05) is 12.1 Å². The van der Waals surface area contributed by atoms with Gasteiger partial charge in [-0.15, -0.1) is 0 Å². The second-order valence-electron chi connectivity index (χ2n) is 5.44. The monoisotopic (exact) mass is 366 g/mol. The van der Waals surface area contributed by atoms with Gasteiger partial charge < -0.3 is 10.1 Å². The number of carbonyl (C=O) groups is 1. The molecule has 0 spiro atoms. The highest BCUT2D eigenvalue weighted by molar-refractivity contribution is 7.88. The van der Waals surface area contributed by atoms with Crippen LogP contribution in [0.3, 0.4) is 0 Å². The maximum atomic E-state index is 13.4. The Balaban J connectivity index is 1.78. The Morgan fingerprint density at radius 2 is 1.92 bits per heavy atom. The lowest BCUT2D eigenvalue weighted by Gasteiger charge is -2.08. The zero-order chi connectivity index (χ0) is 18.3. The Kier molecular flexibility index (Phi) is 6.49. The number of sulfonamides is 1. The van der Waals surface area contributed by atoms with Crippen molar-refractivity contribution in [2.45, 2.75) is 18.6 Å². The Hall–Kier alpha value is -2.45. The first kappa shape index (κ1) is 18.9. The maximum absolute atomic E-state index is 13.4. The number of primary sulfonamides is 1. The lowest BCUT2D eigenvalue weighted by molar-refractivity contribution is -0.116. The molecule has 8 heteroatoms. The summed E-state index contributed by atoms with van der Waals surface area (Å²) in [5.41, 5.74) is 0.976. The number of ether oxygens (including phenoxy) is 1. The highest BCUT2D eigenvalue weighted by Crippen LogP contribution is 2.16. The second kappa shape index (κ2) is 8.59. The van der Waals surface area contributed by atoms with Gasteiger partial charge in [0.2, 0.25) is 15.9 Å².